The molecule has 3 rings (SSSR count). The molecule has 0 aliphatic heterocycles. The predicted molar refractivity (Wildman–Crippen MR) is 104 cm³/mol. The summed E-state index contributed by atoms with van der Waals surface area (Å²) in [6, 6.07) is 4.24. The summed E-state index contributed by atoms with van der Waals surface area (Å²) in [5, 5.41) is 10.7. The number of phenolic OH excluding ortho intramolecular Hbond substituents is 1. The van der Waals surface area contributed by atoms with Gasteiger partial charge in [0.05, 0.1) is 5.56 Å². The minimum absolute atomic E-state index is 0.259. The Balaban J connectivity index is 1.89. The highest BCUT2D eigenvalue weighted by Gasteiger charge is 2.22. The van der Waals surface area contributed by atoms with Gasteiger partial charge >= 0.3 is 0 Å². The van der Waals surface area contributed by atoms with Gasteiger partial charge in [0.2, 0.25) is 0 Å². The van der Waals surface area contributed by atoms with E-state index in [1.54, 1.807) is 0 Å². The number of carbonyl (C=O) groups is 1. The van der Waals surface area contributed by atoms with Crippen LogP contribution in [0, 0.1) is 0 Å². The Morgan fingerprint density at radius 3 is 1.72 bits per heavy atom. The van der Waals surface area contributed by atoms with E-state index in [1.807, 2.05) is 6.07 Å². The summed E-state index contributed by atoms with van der Waals surface area (Å²) in [5.74, 6) is 1.24. The highest BCUT2D eigenvalue weighted by atomic mass is 16.3. The van der Waals surface area contributed by atoms with E-state index < -0.39 is 0 Å². The summed E-state index contributed by atoms with van der Waals surface area (Å²) < 4.78 is 0. The van der Waals surface area contributed by atoms with E-state index >= 15 is 0 Å². The largest absolute Gasteiger partial charge is 0.507 e. The van der Waals surface area contributed by atoms with E-state index in [1.165, 1.54) is 82.6 Å². The number of phenols is 1. The van der Waals surface area contributed by atoms with Crippen LogP contribution in [0.15, 0.2) is 12.1 Å². The first-order valence-corrected chi connectivity index (χ1v) is 10.6. The highest BCUT2D eigenvalue weighted by molar-refractivity contribution is 5.80. The van der Waals surface area contributed by atoms with Crippen molar-refractivity contribution in [2.24, 2.45) is 0 Å². The molecule has 2 aliphatic carbocycles. The van der Waals surface area contributed by atoms with Crippen molar-refractivity contribution in [2.75, 3.05) is 0 Å². The molecule has 0 radical (unpaired) electrons. The monoisotopic (exact) mass is 342 g/mol. The summed E-state index contributed by atoms with van der Waals surface area (Å²) in [4.78, 5) is 11.6. The minimum Gasteiger partial charge on any atom is -0.507 e. The van der Waals surface area contributed by atoms with Crippen LogP contribution in [0.1, 0.15) is 123 Å². The number of benzene rings is 1. The van der Waals surface area contributed by atoms with Gasteiger partial charge < -0.3 is 5.11 Å². The molecule has 0 bridgehead atoms. The molecule has 0 atom stereocenters. The molecular weight excluding hydrogens is 308 g/mol. The van der Waals surface area contributed by atoms with E-state index in [9.17, 15) is 9.90 Å². The SMILES string of the molecule is O=Cc1cc(C2CCCCCCC2)cc(C2CCCCCCC2)c1O. The highest BCUT2D eigenvalue weighted by Crippen LogP contribution is 2.40. The summed E-state index contributed by atoms with van der Waals surface area (Å²) in [6.45, 7) is 0. The van der Waals surface area contributed by atoms with Crippen LogP contribution >= 0.6 is 0 Å². The maximum Gasteiger partial charge on any atom is 0.153 e. The Bertz CT molecular complexity index is 547. The number of aldehydes is 1. The van der Waals surface area contributed by atoms with Crippen LogP contribution in [0.5, 0.6) is 5.75 Å². The Morgan fingerprint density at radius 1 is 0.720 bits per heavy atom. The van der Waals surface area contributed by atoms with Crippen molar-refractivity contribution in [3.63, 3.8) is 0 Å². The zero-order chi connectivity index (χ0) is 17.5. The fourth-order valence-corrected chi connectivity index (χ4v) is 4.90. The standard InChI is InChI=1S/C23H34O2/c24-17-21-15-20(18-11-7-3-1-4-8-12-18)16-22(23(21)25)19-13-9-5-2-6-10-14-19/h15-19,25H,1-14H2. The molecule has 0 unspecified atom stereocenters. The lowest BCUT2D eigenvalue weighted by Crippen LogP contribution is -2.08. The van der Waals surface area contributed by atoms with Crippen LogP contribution in [-0.2, 0) is 0 Å². The third kappa shape index (κ3) is 4.86. The number of rotatable bonds is 3. The maximum absolute atomic E-state index is 11.6. The van der Waals surface area contributed by atoms with Gasteiger partial charge in [0.15, 0.2) is 6.29 Å². The van der Waals surface area contributed by atoms with Crippen LogP contribution in [-0.4, -0.2) is 11.4 Å². The van der Waals surface area contributed by atoms with Crippen LogP contribution in [0.2, 0.25) is 0 Å². The molecule has 1 N–H and O–H groups in total. The summed E-state index contributed by atoms with van der Waals surface area (Å²) in [5.41, 5.74) is 2.87. The lowest BCUT2D eigenvalue weighted by molar-refractivity contribution is 0.112. The van der Waals surface area contributed by atoms with Gasteiger partial charge in [-0.05, 0) is 54.7 Å². The van der Waals surface area contributed by atoms with Gasteiger partial charge in [-0.1, -0.05) is 70.3 Å². The number of hydrogen-bond acceptors (Lipinski definition) is 2. The topological polar surface area (TPSA) is 37.3 Å². The molecule has 2 aliphatic rings. The average Bonchev–Trinajstić information content (AvgIpc) is 2.55. The van der Waals surface area contributed by atoms with E-state index in [-0.39, 0.29) is 5.75 Å². The fraction of sp³-hybridized carbons (Fsp3) is 0.696. The molecular formula is C23H34O2. The van der Waals surface area contributed by atoms with Gasteiger partial charge in [0.25, 0.3) is 0 Å². The molecule has 25 heavy (non-hydrogen) atoms. The molecule has 2 saturated carbocycles. The van der Waals surface area contributed by atoms with Crippen LogP contribution in [0.4, 0.5) is 0 Å². The van der Waals surface area contributed by atoms with Crippen molar-refractivity contribution < 1.29 is 9.90 Å². The second-order valence-electron chi connectivity index (χ2n) is 8.25. The molecule has 0 amide bonds. The van der Waals surface area contributed by atoms with Gasteiger partial charge in [-0.2, -0.15) is 0 Å². The molecule has 1 aromatic rings. The second kappa shape index (κ2) is 9.40. The zero-order valence-electron chi connectivity index (χ0n) is 15.6. The Labute approximate surface area is 153 Å². The molecule has 0 spiro atoms. The average molecular weight is 343 g/mol. The Morgan fingerprint density at radius 2 is 1.20 bits per heavy atom. The van der Waals surface area contributed by atoms with Crippen LogP contribution < -0.4 is 0 Å². The Hall–Kier alpha value is -1.31. The first-order valence-electron chi connectivity index (χ1n) is 10.6. The van der Waals surface area contributed by atoms with E-state index in [2.05, 4.69) is 6.07 Å². The van der Waals surface area contributed by atoms with Gasteiger partial charge in [0, 0.05) is 0 Å². The van der Waals surface area contributed by atoms with Crippen LogP contribution in [0.3, 0.4) is 0 Å². The third-order valence-electron chi connectivity index (χ3n) is 6.44. The first kappa shape index (κ1) is 18.5. The predicted octanol–water partition coefficient (Wildman–Crippen LogP) is 6.86. The lowest BCUT2D eigenvalue weighted by Gasteiger charge is -2.25. The zero-order valence-corrected chi connectivity index (χ0v) is 15.6. The van der Waals surface area contributed by atoms with Gasteiger partial charge in [0.1, 0.15) is 5.75 Å². The molecule has 2 fully saturated rings. The molecule has 0 saturated heterocycles. The molecule has 0 aromatic heterocycles. The summed E-state index contributed by atoms with van der Waals surface area (Å²) in [6.07, 6.45) is 18.7. The second-order valence-corrected chi connectivity index (χ2v) is 8.25. The fourth-order valence-electron chi connectivity index (χ4n) is 4.90. The van der Waals surface area contributed by atoms with E-state index in [4.69, 9.17) is 0 Å². The number of aromatic hydroxyl groups is 1. The molecule has 138 valence electrons. The molecule has 2 heteroatoms. The quantitative estimate of drug-likeness (QED) is 0.609. The van der Waals surface area contributed by atoms with Crippen molar-refractivity contribution in [1.29, 1.82) is 0 Å². The van der Waals surface area contributed by atoms with Crippen LogP contribution in [0.25, 0.3) is 0 Å². The lowest BCUT2D eigenvalue weighted by atomic mass is 9.80. The summed E-state index contributed by atoms with van der Waals surface area (Å²) in [7, 11) is 0. The summed E-state index contributed by atoms with van der Waals surface area (Å²) >= 11 is 0. The minimum atomic E-state index is 0.259. The van der Waals surface area contributed by atoms with Crippen molar-refractivity contribution >= 4 is 6.29 Å². The third-order valence-corrected chi connectivity index (χ3v) is 6.44. The Kier molecular flexibility index (Phi) is 6.95. The smallest absolute Gasteiger partial charge is 0.153 e. The molecule has 2 nitrogen and oxygen atoms in total. The van der Waals surface area contributed by atoms with Crippen molar-refractivity contribution in [3.8, 4) is 5.75 Å². The number of carbonyl (C=O) groups excluding carboxylic acids is 1. The number of hydrogen-bond donors (Lipinski definition) is 1. The molecule has 1 aromatic carbocycles. The van der Waals surface area contributed by atoms with Crippen molar-refractivity contribution in [1.82, 2.24) is 0 Å². The van der Waals surface area contributed by atoms with Gasteiger partial charge in [-0.3, -0.25) is 4.79 Å². The van der Waals surface area contributed by atoms with Crippen molar-refractivity contribution in [3.05, 3.63) is 28.8 Å². The first-order chi connectivity index (χ1) is 12.3. The molecule has 0 heterocycles. The normalized spacial score (nSPS) is 21.8. The van der Waals surface area contributed by atoms with E-state index in [0.29, 0.717) is 17.4 Å². The maximum atomic E-state index is 11.6. The van der Waals surface area contributed by atoms with E-state index in [0.717, 1.165) is 24.7 Å². The van der Waals surface area contributed by atoms with Gasteiger partial charge in [-0.15, -0.1) is 0 Å². The van der Waals surface area contributed by atoms with Gasteiger partial charge in [-0.25, -0.2) is 0 Å². The van der Waals surface area contributed by atoms with Crippen molar-refractivity contribution in [2.45, 2.75) is 102 Å².